The van der Waals surface area contributed by atoms with Gasteiger partial charge in [0.25, 0.3) is 0 Å². The SMILES string of the molecule is C#CCNc1ccc2oc(-c3ccccc3)cc(=O)c2c1. The summed E-state index contributed by atoms with van der Waals surface area (Å²) < 4.78 is 5.82. The Labute approximate surface area is 122 Å². The van der Waals surface area contributed by atoms with Crippen LogP contribution in [0.2, 0.25) is 0 Å². The van der Waals surface area contributed by atoms with Gasteiger partial charge in [-0.2, -0.15) is 0 Å². The van der Waals surface area contributed by atoms with Crippen molar-refractivity contribution in [1.29, 1.82) is 0 Å². The molecule has 0 saturated carbocycles. The molecule has 0 atom stereocenters. The van der Waals surface area contributed by atoms with Crippen molar-refractivity contribution in [3.63, 3.8) is 0 Å². The fourth-order valence-corrected chi connectivity index (χ4v) is 2.16. The normalized spacial score (nSPS) is 10.2. The van der Waals surface area contributed by atoms with E-state index < -0.39 is 0 Å². The number of benzene rings is 2. The lowest BCUT2D eigenvalue weighted by Gasteiger charge is -2.06. The van der Waals surface area contributed by atoms with Crippen LogP contribution in [-0.4, -0.2) is 6.54 Å². The lowest BCUT2D eigenvalue weighted by Crippen LogP contribution is -2.03. The van der Waals surface area contributed by atoms with Gasteiger partial charge in [-0.05, 0) is 18.2 Å². The lowest BCUT2D eigenvalue weighted by molar-refractivity contribution is 0.619. The summed E-state index contributed by atoms with van der Waals surface area (Å²) in [7, 11) is 0. The smallest absolute Gasteiger partial charge is 0.193 e. The molecule has 0 bridgehead atoms. The Morgan fingerprint density at radius 1 is 1.10 bits per heavy atom. The van der Waals surface area contributed by atoms with Gasteiger partial charge in [-0.3, -0.25) is 4.79 Å². The van der Waals surface area contributed by atoms with E-state index in [1.165, 1.54) is 6.07 Å². The van der Waals surface area contributed by atoms with Crippen LogP contribution >= 0.6 is 0 Å². The van der Waals surface area contributed by atoms with Gasteiger partial charge in [-0.25, -0.2) is 0 Å². The Morgan fingerprint density at radius 3 is 2.67 bits per heavy atom. The molecule has 0 saturated heterocycles. The quantitative estimate of drug-likeness (QED) is 0.744. The zero-order valence-corrected chi connectivity index (χ0v) is 11.3. The third-order valence-electron chi connectivity index (χ3n) is 3.18. The summed E-state index contributed by atoms with van der Waals surface area (Å²) in [5, 5.41) is 3.58. The molecule has 3 rings (SSSR count). The molecule has 3 nitrogen and oxygen atoms in total. The highest BCUT2D eigenvalue weighted by molar-refractivity contribution is 5.82. The molecule has 1 N–H and O–H groups in total. The Bertz CT molecular complexity index is 873. The summed E-state index contributed by atoms with van der Waals surface area (Å²) in [6, 6.07) is 16.5. The van der Waals surface area contributed by atoms with Gasteiger partial charge in [0.05, 0.1) is 11.9 Å². The van der Waals surface area contributed by atoms with Gasteiger partial charge >= 0.3 is 0 Å². The van der Waals surface area contributed by atoms with Gasteiger partial charge in [0.2, 0.25) is 0 Å². The summed E-state index contributed by atoms with van der Waals surface area (Å²) in [5.41, 5.74) is 2.18. The second-order valence-corrected chi connectivity index (χ2v) is 4.61. The number of terminal acetylenes is 1. The van der Waals surface area contributed by atoms with E-state index in [1.807, 2.05) is 36.4 Å². The molecule has 0 aliphatic carbocycles. The Balaban J connectivity index is 2.10. The summed E-state index contributed by atoms with van der Waals surface area (Å²) in [4.78, 5) is 12.3. The minimum Gasteiger partial charge on any atom is -0.456 e. The number of anilines is 1. The van der Waals surface area contributed by atoms with Gasteiger partial charge in [0, 0.05) is 17.3 Å². The van der Waals surface area contributed by atoms with Crippen LogP contribution in [0.5, 0.6) is 0 Å². The molecule has 3 heteroatoms. The molecule has 0 spiro atoms. The average molecular weight is 275 g/mol. The number of hydrogen-bond donors (Lipinski definition) is 1. The molecule has 0 fully saturated rings. The van der Waals surface area contributed by atoms with Gasteiger partial charge in [-0.15, -0.1) is 6.42 Å². The molecule has 0 aliphatic rings. The molecule has 0 unspecified atom stereocenters. The fraction of sp³-hybridized carbons (Fsp3) is 0.0556. The van der Waals surface area contributed by atoms with Crippen LogP contribution in [0.25, 0.3) is 22.3 Å². The van der Waals surface area contributed by atoms with Crippen LogP contribution in [0.15, 0.2) is 63.8 Å². The van der Waals surface area contributed by atoms with Gasteiger partial charge < -0.3 is 9.73 Å². The van der Waals surface area contributed by atoms with Crippen molar-refractivity contribution < 1.29 is 4.42 Å². The standard InChI is InChI=1S/C18H13NO2/c1-2-10-19-14-8-9-17-15(11-14)16(20)12-18(21-17)13-6-4-3-5-7-13/h1,3-9,11-12,19H,10H2. The summed E-state index contributed by atoms with van der Waals surface area (Å²) in [5.74, 6) is 3.06. The fourth-order valence-electron chi connectivity index (χ4n) is 2.16. The maximum atomic E-state index is 12.3. The van der Waals surface area contributed by atoms with Gasteiger partial charge in [-0.1, -0.05) is 36.3 Å². The van der Waals surface area contributed by atoms with Gasteiger partial charge in [0.1, 0.15) is 11.3 Å². The van der Waals surface area contributed by atoms with Crippen LogP contribution in [0.4, 0.5) is 5.69 Å². The molecule has 2 aromatic carbocycles. The number of nitrogens with one attached hydrogen (secondary N) is 1. The zero-order valence-electron chi connectivity index (χ0n) is 11.3. The van der Waals surface area contributed by atoms with E-state index in [2.05, 4.69) is 11.2 Å². The molecule has 3 aromatic rings. The van der Waals surface area contributed by atoms with Crippen molar-refractivity contribution in [3.8, 4) is 23.7 Å². The van der Waals surface area contributed by atoms with Crippen molar-refractivity contribution in [2.75, 3.05) is 11.9 Å². The Morgan fingerprint density at radius 2 is 1.90 bits per heavy atom. The third-order valence-corrected chi connectivity index (χ3v) is 3.18. The first kappa shape index (κ1) is 13.0. The second kappa shape index (κ2) is 5.56. The van der Waals surface area contributed by atoms with Crippen LogP contribution in [0, 0.1) is 12.3 Å². The molecule has 0 radical (unpaired) electrons. The predicted octanol–water partition coefficient (Wildman–Crippen LogP) is 3.51. The van der Waals surface area contributed by atoms with Crippen LogP contribution in [-0.2, 0) is 0 Å². The third kappa shape index (κ3) is 2.65. The minimum atomic E-state index is -0.0699. The first-order valence-corrected chi connectivity index (χ1v) is 6.58. The zero-order chi connectivity index (χ0) is 14.7. The first-order chi connectivity index (χ1) is 10.3. The Hall–Kier alpha value is -2.99. The summed E-state index contributed by atoms with van der Waals surface area (Å²) >= 11 is 0. The second-order valence-electron chi connectivity index (χ2n) is 4.61. The summed E-state index contributed by atoms with van der Waals surface area (Å²) in [6.45, 7) is 0.416. The molecule has 0 aliphatic heterocycles. The van der Waals surface area contributed by atoms with E-state index in [4.69, 9.17) is 10.8 Å². The average Bonchev–Trinajstić information content (AvgIpc) is 2.54. The molecular formula is C18H13NO2. The largest absolute Gasteiger partial charge is 0.456 e. The molecule has 102 valence electrons. The van der Waals surface area contributed by atoms with Crippen LogP contribution in [0.1, 0.15) is 0 Å². The predicted molar refractivity (Wildman–Crippen MR) is 85.2 cm³/mol. The molecular weight excluding hydrogens is 262 g/mol. The summed E-state index contributed by atoms with van der Waals surface area (Å²) in [6.07, 6.45) is 5.21. The maximum absolute atomic E-state index is 12.3. The van der Waals surface area contributed by atoms with E-state index in [1.54, 1.807) is 12.1 Å². The molecule has 1 aromatic heterocycles. The van der Waals surface area contributed by atoms with Crippen molar-refractivity contribution in [2.24, 2.45) is 0 Å². The first-order valence-electron chi connectivity index (χ1n) is 6.58. The highest BCUT2D eigenvalue weighted by atomic mass is 16.3. The van der Waals surface area contributed by atoms with E-state index >= 15 is 0 Å². The minimum absolute atomic E-state index is 0.0699. The van der Waals surface area contributed by atoms with Crippen molar-refractivity contribution in [1.82, 2.24) is 0 Å². The number of fused-ring (bicyclic) bond motifs is 1. The van der Waals surface area contributed by atoms with Crippen LogP contribution < -0.4 is 10.7 Å². The van der Waals surface area contributed by atoms with Crippen molar-refractivity contribution in [2.45, 2.75) is 0 Å². The number of hydrogen-bond acceptors (Lipinski definition) is 3. The van der Waals surface area contributed by atoms with Gasteiger partial charge in [0.15, 0.2) is 5.43 Å². The monoisotopic (exact) mass is 275 g/mol. The van der Waals surface area contributed by atoms with E-state index in [-0.39, 0.29) is 5.43 Å². The van der Waals surface area contributed by atoms with E-state index in [0.29, 0.717) is 23.3 Å². The maximum Gasteiger partial charge on any atom is 0.193 e. The molecule has 0 amide bonds. The molecule has 21 heavy (non-hydrogen) atoms. The topological polar surface area (TPSA) is 42.2 Å². The highest BCUT2D eigenvalue weighted by Gasteiger charge is 2.07. The van der Waals surface area contributed by atoms with Crippen molar-refractivity contribution >= 4 is 16.7 Å². The molecule has 1 heterocycles. The lowest BCUT2D eigenvalue weighted by atomic mass is 10.1. The number of rotatable bonds is 3. The van der Waals surface area contributed by atoms with E-state index in [0.717, 1.165) is 11.3 Å². The van der Waals surface area contributed by atoms with Crippen LogP contribution in [0.3, 0.4) is 0 Å². The van der Waals surface area contributed by atoms with Crippen molar-refractivity contribution in [3.05, 3.63) is 64.8 Å². The highest BCUT2D eigenvalue weighted by Crippen LogP contribution is 2.23. The van der Waals surface area contributed by atoms with E-state index in [9.17, 15) is 4.79 Å². The Kier molecular flexibility index (Phi) is 3.44.